The highest BCUT2D eigenvalue weighted by molar-refractivity contribution is 5.17. The zero-order valence-electron chi connectivity index (χ0n) is 21.2. The van der Waals surface area contributed by atoms with Crippen molar-refractivity contribution in [2.45, 2.75) is 116 Å². The molecule has 0 radical (unpaired) electrons. The van der Waals surface area contributed by atoms with Crippen LogP contribution < -0.4 is 0 Å². The van der Waals surface area contributed by atoms with Gasteiger partial charge in [0.15, 0.2) is 0 Å². The summed E-state index contributed by atoms with van der Waals surface area (Å²) < 4.78 is 0. The lowest BCUT2D eigenvalue weighted by Crippen LogP contribution is -2.68. The molecule has 4 N–H and O–H groups in total. The molecule has 0 amide bonds. The van der Waals surface area contributed by atoms with E-state index in [0.29, 0.717) is 42.4 Å². The van der Waals surface area contributed by atoms with Crippen molar-refractivity contribution >= 4 is 0 Å². The van der Waals surface area contributed by atoms with Crippen LogP contribution >= 0.6 is 0 Å². The van der Waals surface area contributed by atoms with Gasteiger partial charge >= 0.3 is 0 Å². The molecule has 0 saturated heterocycles. The minimum absolute atomic E-state index is 0.124. The summed E-state index contributed by atoms with van der Waals surface area (Å²) in [6.07, 6.45) is 10.6. The van der Waals surface area contributed by atoms with E-state index in [1.54, 1.807) is 0 Å². The van der Waals surface area contributed by atoms with Crippen molar-refractivity contribution in [1.82, 2.24) is 0 Å². The van der Waals surface area contributed by atoms with Crippen LogP contribution in [0.15, 0.2) is 12.2 Å². The molecule has 0 bridgehead atoms. The first-order chi connectivity index (χ1) is 14.7. The lowest BCUT2D eigenvalue weighted by atomic mass is 9.42. The predicted molar refractivity (Wildman–Crippen MR) is 128 cm³/mol. The van der Waals surface area contributed by atoms with Crippen molar-refractivity contribution < 1.29 is 20.4 Å². The van der Waals surface area contributed by atoms with Crippen molar-refractivity contribution in [3.63, 3.8) is 0 Å². The molecule has 11 atom stereocenters. The Morgan fingerprint density at radius 3 is 2.28 bits per heavy atom. The number of hydrogen-bond donors (Lipinski definition) is 4. The minimum atomic E-state index is -1.15. The Morgan fingerprint density at radius 1 is 0.938 bits per heavy atom. The van der Waals surface area contributed by atoms with E-state index in [1.165, 1.54) is 19.3 Å². The van der Waals surface area contributed by atoms with Gasteiger partial charge in [0.2, 0.25) is 0 Å². The van der Waals surface area contributed by atoms with Crippen molar-refractivity contribution in [3.05, 3.63) is 12.2 Å². The van der Waals surface area contributed by atoms with E-state index in [-0.39, 0.29) is 16.7 Å². The molecule has 0 aromatic carbocycles. The van der Waals surface area contributed by atoms with E-state index in [2.05, 4.69) is 39.8 Å². The molecule has 0 spiro atoms. The Hall–Kier alpha value is -0.420. The Labute approximate surface area is 195 Å². The smallest absolute Gasteiger partial charge is 0.0985 e. The van der Waals surface area contributed by atoms with Crippen LogP contribution in [-0.4, -0.2) is 43.8 Å². The first-order valence-electron chi connectivity index (χ1n) is 13.2. The number of aliphatic hydroxyl groups is 4. The molecule has 0 aliphatic heterocycles. The van der Waals surface area contributed by atoms with Gasteiger partial charge in [-0.1, -0.05) is 39.8 Å². The highest BCUT2D eigenvalue weighted by Crippen LogP contribution is 2.69. The van der Waals surface area contributed by atoms with Gasteiger partial charge < -0.3 is 20.4 Å². The summed E-state index contributed by atoms with van der Waals surface area (Å²) in [7, 11) is 0. The topological polar surface area (TPSA) is 80.9 Å². The Bertz CT molecular complexity index is 727. The third kappa shape index (κ3) is 3.63. The number of rotatable bonds is 4. The van der Waals surface area contributed by atoms with Crippen LogP contribution in [-0.2, 0) is 0 Å². The standard InChI is InChI=1S/C28H48O4/c1-17(7-8-18(2)25(3,4)31)21-9-10-22-20-15-24(30)28(32)16-19(29)11-14-27(28,6)23(20)12-13-26(21,22)5/h7-8,17-24,29-32H,9-16H2,1-6H3/t17-,18+,19+,20+,21-,22+,23+,24-,26-,27-,28+/m1/s1. The second-order valence-electron chi connectivity index (χ2n) is 13.3. The van der Waals surface area contributed by atoms with Gasteiger partial charge in [0.05, 0.1) is 23.4 Å². The maximum absolute atomic E-state index is 11.6. The quantitative estimate of drug-likeness (QED) is 0.470. The molecule has 4 heteroatoms. The Morgan fingerprint density at radius 2 is 1.62 bits per heavy atom. The molecule has 4 fully saturated rings. The molecule has 4 aliphatic carbocycles. The zero-order chi connectivity index (χ0) is 23.7. The molecule has 4 rings (SSSR count). The second-order valence-corrected chi connectivity index (χ2v) is 13.3. The summed E-state index contributed by atoms with van der Waals surface area (Å²) in [5.41, 5.74) is -1.89. The summed E-state index contributed by atoms with van der Waals surface area (Å²) in [6, 6.07) is 0. The van der Waals surface area contributed by atoms with Crippen LogP contribution in [0.2, 0.25) is 0 Å². The monoisotopic (exact) mass is 448 g/mol. The fraction of sp³-hybridized carbons (Fsp3) is 0.929. The number of allylic oxidation sites excluding steroid dienone is 1. The molecule has 0 unspecified atom stereocenters. The predicted octanol–water partition coefficient (Wildman–Crippen LogP) is 4.69. The molecular weight excluding hydrogens is 400 g/mol. The Kier molecular flexibility index (Phi) is 6.23. The summed E-state index contributed by atoms with van der Waals surface area (Å²) in [5, 5.41) is 43.4. The average molecular weight is 449 g/mol. The third-order valence-corrected chi connectivity index (χ3v) is 11.4. The summed E-state index contributed by atoms with van der Waals surface area (Å²) >= 11 is 0. The van der Waals surface area contributed by atoms with Crippen molar-refractivity contribution in [2.24, 2.45) is 46.3 Å². The first kappa shape index (κ1) is 24.7. The maximum Gasteiger partial charge on any atom is 0.0985 e. The van der Waals surface area contributed by atoms with E-state index < -0.39 is 23.4 Å². The van der Waals surface area contributed by atoms with Crippen LogP contribution in [0.25, 0.3) is 0 Å². The van der Waals surface area contributed by atoms with Gasteiger partial charge in [-0.05, 0) is 93.8 Å². The van der Waals surface area contributed by atoms with Gasteiger partial charge in [-0.2, -0.15) is 0 Å². The van der Waals surface area contributed by atoms with E-state index in [0.717, 1.165) is 19.3 Å². The fourth-order valence-corrected chi connectivity index (χ4v) is 8.88. The summed E-state index contributed by atoms with van der Waals surface area (Å²) in [6.45, 7) is 12.9. The van der Waals surface area contributed by atoms with Crippen LogP contribution in [0.3, 0.4) is 0 Å². The van der Waals surface area contributed by atoms with E-state index in [1.807, 2.05) is 13.8 Å². The SMILES string of the molecule is C[C@H](C=C[C@H](C)C(C)(C)O)[C@H]1CC[C@H]2[C@@H]3C[C@@H](O)[C@@]4(O)C[C@@H](O)CC[C@]4(C)[C@H]3CC[C@]12C. The molecule has 0 aromatic rings. The van der Waals surface area contributed by atoms with Gasteiger partial charge in [0.25, 0.3) is 0 Å². The summed E-state index contributed by atoms with van der Waals surface area (Å²) in [4.78, 5) is 0. The van der Waals surface area contributed by atoms with Gasteiger partial charge in [-0.3, -0.25) is 0 Å². The molecule has 4 aliphatic rings. The van der Waals surface area contributed by atoms with Crippen LogP contribution in [0, 0.1) is 46.3 Å². The lowest BCUT2D eigenvalue weighted by Gasteiger charge is -2.65. The fourth-order valence-electron chi connectivity index (χ4n) is 8.88. The van der Waals surface area contributed by atoms with Crippen LogP contribution in [0.1, 0.15) is 92.9 Å². The van der Waals surface area contributed by atoms with Gasteiger partial charge in [0, 0.05) is 17.8 Å². The largest absolute Gasteiger partial charge is 0.393 e. The highest BCUT2D eigenvalue weighted by atomic mass is 16.3. The molecule has 4 saturated carbocycles. The molecular formula is C28H48O4. The van der Waals surface area contributed by atoms with Crippen molar-refractivity contribution in [2.75, 3.05) is 0 Å². The zero-order valence-corrected chi connectivity index (χ0v) is 21.2. The van der Waals surface area contributed by atoms with Crippen LogP contribution in [0.5, 0.6) is 0 Å². The molecule has 4 nitrogen and oxygen atoms in total. The molecule has 0 aromatic heterocycles. The Balaban J connectivity index is 1.56. The normalized spacial score (nSPS) is 51.1. The number of aliphatic hydroxyl groups excluding tert-OH is 2. The maximum atomic E-state index is 11.6. The minimum Gasteiger partial charge on any atom is -0.393 e. The van der Waals surface area contributed by atoms with E-state index >= 15 is 0 Å². The second kappa shape index (κ2) is 8.07. The van der Waals surface area contributed by atoms with Gasteiger partial charge in [-0.15, -0.1) is 0 Å². The number of hydrogen-bond acceptors (Lipinski definition) is 4. The summed E-state index contributed by atoms with van der Waals surface area (Å²) in [5.74, 6) is 2.70. The van der Waals surface area contributed by atoms with Crippen molar-refractivity contribution in [1.29, 1.82) is 0 Å². The highest BCUT2D eigenvalue weighted by Gasteiger charge is 2.67. The molecule has 0 heterocycles. The molecule has 32 heavy (non-hydrogen) atoms. The van der Waals surface area contributed by atoms with Crippen molar-refractivity contribution in [3.8, 4) is 0 Å². The van der Waals surface area contributed by atoms with Crippen LogP contribution in [0.4, 0.5) is 0 Å². The van der Waals surface area contributed by atoms with E-state index in [9.17, 15) is 20.4 Å². The molecule has 184 valence electrons. The van der Waals surface area contributed by atoms with Gasteiger partial charge in [0.1, 0.15) is 0 Å². The van der Waals surface area contributed by atoms with E-state index in [4.69, 9.17) is 0 Å². The lowest BCUT2D eigenvalue weighted by molar-refractivity contribution is -0.264. The van der Waals surface area contributed by atoms with Gasteiger partial charge in [-0.25, -0.2) is 0 Å². The average Bonchev–Trinajstić information content (AvgIpc) is 3.05. The first-order valence-corrected chi connectivity index (χ1v) is 13.2. The third-order valence-electron chi connectivity index (χ3n) is 11.4. The number of fused-ring (bicyclic) bond motifs is 5.